The Hall–Kier alpha value is -6.90. The fraction of sp³-hybridized carbons (Fsp3) is 0.279. The highest BCUT2D eigenvalue weighted by molar-refractivity contribution is 7.97. The van der Waals surface area contributed by atoms with E-state index in [1.807, 2.05) is 48.5 Å². The Morgan fingerprint density at radius 2 is 0.863 bits per heavy atom. The standard InChI is InChI=1S/C61H54N4O4S4/c1-3-5-7-9-11-17-31-61(32-18-12-10-8-6-4-2)51-33-41(53-29-25-45(70-53)35-57-59(43(37-62)38-63)49-19-13-15-21-55(49)72(57,66)67)23-27-47(51)48-28-24-42(34-52(48)61)54-30-26-46(71-54)36-58-60(44(39-64)40-65)50-20-14-16-22-56(50)73(58,68)69/h13-16,19-30,33-36H,3-12,17-18,31-32H2,1-2H3. The first-order valence-electron chi connectivity index (χ1n) is 25.2. The zero-order valence-corrected chi connectivity index (χ0v) is 44.3. The molecule has 0 amide bonds. The number of sulfone groups is 2. The number of nitriles is 4. The van der Waals surface area contributed by atoms with Crippen LogP contribution in [0.4, 0.5) is 0 Å². The van der Waals surface area contributed by atoms with Gasteiger partial charge in [-0.15, -0.1) is 22.7 Å². The van der Waals surface area contributed by atoms with Gasteiger partial charge in [-0.05, 0) is 107 Å². The molecule has 0 bridgehead atoms. The highest BCUT2D eigenvalue weighted by atomic mass is 32.2. The topological polar surface area (TPSA) is 163 Å². The van der Waals surface area contributed by atoms with Crippen LogP contribution in [-0.2, 0) is 25.1 Å². The Balaban J connectivity index is 1.12. The van der Waals surface area contributed by atoms with E-state index in [1.165, 1.54) is 108 Å². The number of benzene rings is 4. The minimum absolute atomic E-state index is 0.0466. The van der Waals surface area contributed by atoms with Crippen LogP contribution < -0.4 is 0 Å². The summed E-state index contributed by atoms with van der Waals surface area (Å²) in [5.74, 6) is 0. The third-order valence-corrected chi connectivity index (χ3v) is 20.4. The van der Waals surface area contributed by atoms with Gasteiger partial charge in [0.15, 0.2) is 0 Å². The highest BCUT2D eigenvalue weighted by Crippen LogP contribution is 2.57. The van der Waals surface area contributed by atoms with Gasteiger partial charge >= 0.3 is 0 Å². The van der Waals surface area contributed by atoms with Crippen molar-refractivity contribution in [3.05, 3.63) is 162 Å². The summed E-state index contributed by atoms with van der Waals surface area (Å²) in [5.41, 5.74) is 7.29. The molecular formula is C61H54N4O4S4. The van der Waals surface area contributed by atoms with E-state index in [9.17, 15) is 37.9 Å². The molecule has 1 aliphatic carbocycles. The maximum atomic E-state index is 14.0. The molecule has 0 saturated carbocycles. The molecule has 0 radical (unpaired) electrons. The lowest BCUT2D eigenvalue weighted by atomic mass is 9.70. The van der Waals surface area contributed by atoms with Gasteiger partial charge in [0.25, 0.3) is 0 Å². The van der Waals surface area contributed by atoms with Crippen LogP contribution in [-0.4, -0.2) is 16.8 Å². The van der Waals surface area contributed by atoms with Crippen LogP contribution in [0.5, 0.6) is 0 Å². The molecule has 4 heterocycles. The summed E-state index contributed by atoms with van der Waals surface area (Å²) in [6.45, 7) is 4.48. The maximum Gasteiger partial charge on any atom is 0.207 e. The monoisotopic (exact) mass is 1030 g/mol. The second-order valence-electron chi connectivity index (χ2n) is 19.0. The van der Waals surface area contributed by atoms with Crippen LogP contribution in [0.1, 0.15) is 136 Å². The van der Waals surface area contributed by atoms with Crippen molar-refractivity contribution >= 4 is 65.6 Å². The molecule has 2 aliphatic heterocycles. The molecule has 12 heteroatoms. The van der Waals surface area contributed by atoms with E-state index in [2.05, 4.69) is 50.2 Å². The third-order valence-electron chi connectivity index (χ3n) is 14.6. The van der Waals surface area contributed by atoms with E-state index in [0.29, 0.717) is 20.9 Å². The summed E-state index contributed by atoms with van der Waals surface area (Å²) in [6.07, 6.45) is 19.2. The Morgan fingerprint density at radius 1 is 0.479 bits per heavy atom. The minimum atomic E-state index is -3.99. The zero-order chi connectivity index (χ0) is 51.3. The summed E-state index contributed by atoms with van der Waals surface area (Å²) in [6, 6.07) is 42.1. The Kier molecular flexibility index (Phi) is 15.1. The number of hydrogen-bond acceptors (Lipinski definition) is 10. The maximum absolute atomic E-state index is 14.0. The van der Waals surface area contributed by atoms with E-state index in [1.54, 1.807) is 48.6 Å². The second-order valence-corrected chi connectivity index (χ2v) is 25.0. The van der Waals surface area contributed by atoms with Crippen LogP contribution >= 0.6 is 22.7 Å². The number of fused-ring (bicyclic) bond motifs is 5. The first-order chi connectivity index (χ1) is 35.4. The SMILES string of the molecule is CCCCCCCCC1(CCCCCCCC)c2cc(-c3ccc(C=C4C(=C(C#N)C#N)c5ccccc5S4(=O)=O)s3)ccc2-c2ccc(-c3ccc(C=C4C(=C(C#N)C#N)c5ccccc5S4(=O)=O)s3)cc21. The van der Waals surface area contributed by atoms with Gasteiger partial charge in [0, 0.05) is 47.2 Å². The zero-order valence-electron chi connectivity index (χ0n) is 41.0. The number of nitrogens with zero attached hydrogens (tertiary/aromatic N) is 4. The van der Waals surface area contributed by atoms with Crippen molar-refractivity contribution in [2.24, 2.45) is 0 Å². The molecular weight excluding hydrogens is 981 g/mol. The third kappa shape index (κ3) is 9.51. The molecule has 4 aromatic carbocycles. The lowest BCUT2D eigenvalue weighted by Gasteiger charge is -2.33. The second kappa shape index (κ2) is 21.7. The van der Waals surface area contributed by atoms with E-state index in [0.717, 1.165) is 59.4 Å². The van der Waals surface area contributed by atoms with Crippen molar-refractivity contribution in [3.63, 3.8) is 0 Å². The quantitative estimate of drug-likeness (QED) is 0.0606. The summed E-state index contributed by atoms with van der Waals surface area (Å²) < 4.78 is 55.9. The fourth-order valence-electron chi connectivity index (χ4n) is 11.0. The average molecular weight is 1040 g/mol. The number of unbranched alkanes of at least 4 members (excludes halogenated alkanes) is 10. The number of allylic oxidation sites excluding steroid dienone is 4. The van der Waals surface area contributed by atoms with Crippen molar-refractivity contribution in [2.45, 2.75) is 119 Å². The first kappa shape index (κ1) is 51.0. The normalized spacial score (nSPS) is 16.2. The largest absolute Gasteiger partial charge is 0.218 e. The van der Waals surface area contributed by atoms with Crippen LogP contribution in [0.3, 0.4) is 0 Å². The van der Waals surface area contributed by atoms with E-state index in [-0.39, 0.29) is 47.3 Å². The predicted molar refractivity (Wildman–Crippen MR) is 295 cm³/mol. The summed E-state index contributed by atoms with van der Waals surface area (Å²) in [7, 11) is -7.99. The lowest BCUT2D eigenvalue weighted by Crippen LogP contribution is -2.25. The van der Waals surface area contributed by atoms with Gasteiger partial charge in [-0.3, -0.25) is 0 Å². The number of hydrogen-bond donors (Lipinski definition) is 0. The van der Waals surface area contributed by atoms with E-state index >= 15 is 0 Å². The average Bonchev–Trinajstić information content (AvgIpc) is 4.22. The molecule has 0 fully saturated rings. The molecule has 9 rings (SSSR count). The van der Waals surface area contributed by atoms with Crippen molar-refractivity contribution in [1.82, 2.24) is 0 Å². The molecule has 73 heavy (non-hydrogen) atoms. The number of thiophene rings is 2. The predicted octanol–water partition coefficient (Wildman–Crippen LogP) is 16.2. The van der Waals surface area contributed by atoms with Crippen LogP contribution in [0, 0.1) is 45.3 Å². The van der Waals surface area contributed by atoms with E-state index < -0.39 is 19.7 Å². The Morgan fingerprint density at radius 3 is 1.26 bits per heavy atom. The lowest BCUT2D eigenvalue weighted by molar-refractivity contribution is 0.398. The van der Waals surface area contributed by atoms with Crippen LogP contribution in [0.15, 0.2) is 140 Å². The molecule has 8 nitrogen and oxygen atoms in total. The molecule has 0 unspecified atom stereocenters. The molecule has 3 aliphatic rings. The summed E-state index contributed by atoms with van der Waals surface area (Å²) >= 11 is 2.96. The van der Waals surface area contributed by atoms with Crippen molar-refractivity contribution in [2.75, 3.05) is 0 Å². The molecule has 0 saturated heterocycles. The first-order valence-corrected chi connectivity index (χ1v) is 29.8. The van der Waals surface area contributed by atoms with Gasteiger partial charge in [-0.25, -0.2) is 16.8 Å². The minimum Gasteiger partial charge on any atom is -0.218 e. The van der Waals surface area contributed by atoms with Gasteiger partial charge in [-0.2, -0.15) is 21.0 Å². The van der Waals surface area contributed by atoms with Crippen LogP contribution in [0.25, 0.3) is 55.3 Å². The molecule has 366 valence electrons. The van der Waals surface area contributed by atoms with Gasteiger partial charge in [-0.1, -0.05) is 152 Å². The fourth-order valence-corrected chi connectivity index (χ4v) is 16.5. The molecule has 6 aromatic rings. The molecule has 0 N–H and O–H groups in total. The van der Waals surface area contributed by atoms with Crippen molar-refractivity contribution < 1.29 is 16.8 Å². The van der Waals surface area contributed by atoms with Crippen molar-refractivity contribution in [3.8, 4) is 56.3 Å². The summed E-state index contributed by atoms with van der Waals surface area (Å²) in [4.78, 5) is 3.41. The van der Waals surface area contributed by atoms with Gasteiger partial charge in [0.1, 0.15) is 35.4 Å². The van der Waals surface area contributed by atoms with Crippen LogP contribution in [0.2, 0.25) is 0 Å². The van der Waals surface area contributed by atoms with Crippen molar-refractivity contribution in [1.29, 1.82) is 21.0 Å². The van der Waals surface area contributed by atoms with Gasteiger partial charge in [0.05, 0.1) is 19.6 Å². The van der Waals surface area contributed by atoms with Gasteiger partial charge in [0.2, 0.25) is 19.7 Å². The Bertz CT molecular complexity index is 3430. The highest BCUT2D eigenvalue weighted by Gasteiger charge is 2.43. The number of rotatable bonds is 18. The molecule has 2 aromatic heterocycles. The summed E-state index contributed by atoms with van der Waals surface area (Å²) in [5, 5.41) is 39.7. The Labute approximate surface area is 438 Å². The smallest absolute Gasteiger partial charge is 0.207 e. The molecule has 0 atom stereocenters. The van der Waals surface area contributed by atoms with E-state index in [4.69, 9.17) is 0 Å². The van der Waals surface area contributed by atoms with Gasteiger partial charge < -0.3 is 0 Å². The molecule has 0 spiro atoms.